The predicted molar refractivity (Wildman–Crippen MR) is 74.2 cm³/mol. The molecule has 0 aliphatic rings. The van der Waals surface area contributed by atoms with Gasteiger partial charge in [0.05, 0.1) is 5.56 Å². The van der Waals surface area contributed by atoms with E-state index in [2.05, 4.69) is 20.9 Å². The summed E-state index contributed by atoms with van der Waals surface area (Å²) in [5, 5.41) is 7.53. The van der Waals surface area contributed by atoms with Gasteiger partial charge >= 0.3 is 0 Å². The molecule has 98 valence electrons. The Labute approximate surface area is 118 Å². The fourth-order valence-electron chi connectivity index (χ4n) is 1.60. The number of ether oxygens (including phenoxy) is 1. The minimum Gasteiger partial charge on any atom is -0.435 e. The van der Waals surface area contributed by atoms with E-state index in [0.717, 1.165) is 5.56 Å². The largest absolute Gasteiger partial charge is 0.435 e. The second kappa shape index (κ2) is 5.36. The summed E-state index contributed by atoms with van der Waals surface area (Å²) in [5.74, 6) is -0.539. The van der Waals surface area contributed by atoms with Gasteiger partial charge in [0.1, 0.15) is 5.84 Å². The zero-order chi connectivity index (χ0) is 14.0. The number of nitrogens with two attached hydrogens (primary N) is 1. The number of amidine groups is 1. The molecule has 0 bridgehead atoms. The normalized spacial score (nSPS) is 10.3. The molecular formula is C13H11BrFN3O. The van der Waals surface area contributed by atoms with E-state index in [1.807, 2.05) is 0 Å². The van der Waals surface area contributed by atoms with Crippen LogP contribution in [0.3, 0.4) is 0 Å². The maximum Gasteiger partial charge on any atom is 0.230 e. The van der Waals surface area contributed by atoms with Crippen molar-refractivity contribution in [3.05, 3.63) is 51.9 Å². The van der Waals surface area contributed by atoms with Crippen LogP contribution >= 0.6 is 15.9 Å². The number of benzene rings is 1. The second-order valence-electron chi connectivity index (χ2n) is 3.90. The van der Waals surface area contributed by atoms with E-state index < -0.39 is 5.82 Å². The molecule has 0 radical (unpaired) electrons. The fourth-order valence-corrected chi connectivity index (χ4v) is 1.93. The number of halogens is 2. The molecule has 0 aliphatic carbocycles. The van der Waals surface area contributed by atoms with Gasteiger partial charge in [0.25, 0.3) is 0 Å². The number of rotatable bonds is 3. The van der Waals surface area contributed by atoms with Gasteiger partial charge in [-0.05, 0) is 36.8 Å². The van der Waals surface area contributed by atoms with Gasteiger partial charge in [0.2, 0.25) is 5.88 Å². The predicted octanol–water partition coefficient (Wildman–Crippen LogP) is 3.37. The Morgan fingerprint density at radius 3 is 2.79 bits per heavy atom. The van der Waals surface area contributed by atoms with Gasteiger partial charge in [-0.2, -0.15) is 0 Å². The van der Waals surface area contributed by atoms with Crippen LogP contribution in [0.5, 0.6) is 11.6 Å². The van der Waals surface area contributed by atoms with E-state index >= 15 is 0 Å². The highest BCUT2D eigenvalue weighted by Gasteiger charge is 2.14. The number of aryl methyl sites for hydroxylation is 1. The standard InChI is InChI=1S/C13H11BrFN3O/c1-7-4-5-18-13(11(7)12(16)17)19-10-3-2-8(14)6-9(10)15/h2-6H,1H3,(H3,16,17). The number of nitrogen functional groups attached to an aromatic ring is 1. The average Bonchev–Trinajstić information content (AvgIpc) is 2.32. The summed E-state index contributed by atoms with van der Waals surface area (Å²) in [7, 11) is 0. The summed E-state index contributed by atoms with van der Waals surface area (Å²) in [5.41, 5.74) is 6.60. The Kier molecular flexibility index (Phi) is 3.80. The molecular weight excluding hydrogens is 313 g/mol. The summed E-state index contributed by atoms with van der Waals surface area (Å²) in [6.45, 7) is 1.78. The molecule has 1 aromatic carbocycles. The smallest absolute Gasteiger partial charge is 0.230 e. The lowest BCUT2D eigenvalue weighted by atomic mass is 10.1. The van der Waals surface area contributed by atoms with Crippen molar-refractivity contribution in [3.8, 4) is 11.6 Å². The van der Waals surface area contributed by atoms with E-state index in [1.54, 1.807) is 19.1 Å². The maximum atomic E-state index is 13.7. The van der Waals surface area contributed by atoms with Crippen molar-refractivity contribution in [2.45, 2.75) is 6.92 Å². The lowest BCUT2D eigenvalue weighted by molar-refractivity contribution is 0.426. The second-order valence-corrected chi connectivity index (χ2v) is 4.81. The SMILES string of the molecule is Cc1ccnc(Oc2ccc(Br)cc2F)c1C(=N)N. The molecule has 0 aliphatic heterocycles. The molecule has 0 saturated heterocycles. The van der Waals surface area contributed by atoms with Crippen molar-refractivity contribution in [3.63, 3.8) is 0 Å². The van der Waals surface area contributed by atoms with Gasteiger partial charge in [0.15, 0.2) is 11.6 Å². The van der Waals surface area contributed by atoms with Crippen molar-refractivity contribution in [1.29, 1.82) is 5.41 Å². The van der Waals surface area contributed by atoms with Crippen LogP contribution in [0.4, 0.5) is 4.39 Å². The Bertz CT molecular complexity index is 646. The van der Waals surface area contributed by atoms with Crippen LogP contribution in [0.15, 0.2) is 34.9 Å². The van der Waals surface area contributed by atoms with Crippen LogP contribution in [-0.4, -0.2) is 10.8 Å². The monoisotopic (exact) mass is 323 g/mol. The zero-order valence-corrected chi connectivity index (χ0v) is 11.7. The first kappa shape index (κ1) is 13.5. The highest BCUT2D eigenvalue weighted by molar-refractivity contribution is 9.10. The molecule has 0 saturated carbocycles. The Morgan fingerprint density at radius 2 is 2.16 bits per heavy atom. The third-order valence-electron chi connectivity index (χ3n) is 2.49. The van der Waals surface area contributed by atoms with Gasteiger partial charge in [-0.3, -0.25) is 5.41 Å². The molecule has 6 heteroatoms. The van der Waals surface area contributed by atoms with Gasteiger partial charge < -0.3 is 10.5 Å². The molecule has 0 spiro atoms. The van der Waals surface area contributed by atoms with Crippen LogP contribution < -0.4 is 10.5 Å². The summed E-state index contributed by atoms with van der Waals surface area (Å²) in [6, 6.07) is 6.13. The zero-order valence-electron chi connectivity index (χ0n) is 10.1. The van der Waals surface area contributed by atoms with E-state index in [1.165, 1.54) is 18.3 Å². The van der Waals surface area contributed by atoms with Crippen molar-refractivity contribution in [2.75, 3.05) is 0 Å². The molecule has 0 atom stereocenters. The van der Waals surface area contributed by atoms with Crippen LogP contribution in [0.25, 0.3) is 0 Å². The van der Waals surface area contributed by atoms with Crippen LogP contribution in [0.2, 0.25) is 0 Å². The quantitative estimate of drug-likeness (QED) is 0.672. The van der Waals surface area contributed by atoms with Crippen LogP contribution in [0.1, 0.15) is 11.1 Å². The fraction of sp³-hybridized carbons (Fsp3) is 0.0769. The lowest BCUT2D eigenvalue weighted by Crippen LogP contribution is -2.15. The first-order chi connectivity index (χ1) is 8.99. The van der Waals surface area contributed by atoms with Crippen molar-refractivity contribution < 1.29 is 9.13 Å². The van der Waals surface area contributed by atoms with Gasteiger partial charge in [0, 0.05) is 10.7 Å². The van der Waals surface area contributed by atoms with E-state index in [0.29, 0.717) is 10.0 Å². The summed E-state index contributed by atoms with van der Waals surface area (Å²) >= 11 is 3.17. The lowest BCUT2D eigenvalue weighted by Gasteiger charge is -2.11. The number of hydrogen-bond donors (Lipinski definition) is 2. The number of aromatic nitrogens is 1. The number of pyridine rings is 1. The minimum atomic E-state index is -0.521. The van der Waals surface area contributed by atoms with Crippen molar-refractivity contribution >= 4 is 21.8 Å². The third-order valence-corrected chi connectivity index (χ3v) is 2.99. The molecule has 19 heavy (non-hydrogen) atoms. The van der Waals surface area contributed by atoms with Crippen molar-refractivity contribution in [2.24, 2.45) is 5.73 Å². The van der Waals surface area contributed by atoms with E-state index in [4.69, 9.17) is 15.9 Å². The number of nitrogens with zero attached hydrogens (tertiary/aromatic N) is 1. The molecule has 0 fully saturated rings. The molecule has 4 nitrogen and oxygen atoms in total. The van der Waals surface area contributed by atoms with Crippen molar-refractivity contribution in [1.82, 2.24) is 4.98 Å². The Morgan fingerprint density at radius 1 is 1.42 bits per heavy atom. The molecule has 1 aromatic heterocycles. The first-order valence-corrected chi connectivity index (χ1v) is 6.21. The average molecular weight is 324 g/mol. The Balaban J connectivity index is 2.44. The third kappa shape index (κ3) is 2.90. The highest BCUT2D eigenvalue weighted by Crippen LogP contribution is 2.28. The van der Waals surface area contributed by atoms with Crippen LogP contribution in [0, 0.1) is 18.2 Å². The number of nitrogens with one attached hydrogen (secondary N) is 1. The highest BCUT2D eigenvalue weighted by atomic mass is 79.9. The first-order valence-electron chi connectivity index (χ1n) is 5.42. The molecule has 0 unspecified atom stereocenters. The van der Waals surface area contributed by atoms with Crippen LogP contribution in [-0.2, 0) is 0 Å². The maximum absolute atomic E-state index is 13.7. The van der Waals surface area contributed by atoms with Gasteiger partial charge in [-0.25, -0.2) is 9.37 Å². The summed E-state index contributed by atoms with van der Waals surface area (Å²) < 4.78 is 19.7. The molecule has 3 N–H and O–H groups in total. The summed E-state index contributed by atoms with van der Waals surface area (Å²) in [4.78, 5) is 4.00. The van der Waals surface area contributed by atoms with Gasteiger partial charge in [-0.1, -0.05) is 15.9 Å². The topological polar surface area (TPSA) is 72.0 Å². The molecule has 1 heterocycles. The molecule has 0 amide bonds. The van der Waals surface area contributed by atoms with Gasteiger partial charge in [-0.15, -0.1) is 0 Å². The summed E-state index contributed by atoms with van der Waals surface area (Å²) in [6.07, 6.45) is 1.52. The minimum absolute atomic E-state index is 0.0313. The Hall–Kier alpha value is -1.95. The molecule has 2 aromatic rings. The van der Waals surface area contributed by atoms with E-state index in [9.17, 15) is 4.39 Å². The van der Waals surface area contributed by atoms with E-state index in [-0.39, 0.29) is 17.5 Å². The number of hydrogen-bond acceptors (Lipinski definition) is 3. The molecule has 2 rings (SSSR count).